The van der Waals surface area contributed by atoms with Gasteiger partial charge in [0.25, 0.3) is 5.91 Å². The molecule has 1 aliphatic rings. The number of nitrogens with zero attached hydrogens (tertiary/aromatic N) is 1. The van der Waals surface area contributed by atoms with Crippen LogP contribution in [0.3, 0.4) is 0 Å². The molecule has 178 valence electrons. The van der Waals surface area contributed by atoms with Crippen LogP contribution in [0, 0.1) is 0 Å². The number of para-hydroxylation sites is 2. The van der Waals surface area contributed by atoms with Gasteiger partial charge in [-0.1, -0.05) is 30.3 Å². The first-order valence-corrected chi connectivity index (χ1v) is 12.4. The third kappa shape index (κ3) is 5.39. The van der Waals surface area contributed by atoms with E-state index < -0.39 is 15.9 Å². The number of carbonyl (C=O) groups excluding carboxylic acids is 1. The molecule has 0 unspecified atom stereocenters. The summed E-state index contributed by atoms with van der Waals surface area (Å²) in [5, 5.41) is 2.81. The van der Waals surface area contributed by atoms with Crippen molar-refractivity contribution in [1.82, 2.24) is 4.31 Å². The van der Waals surface area contributed by atoms with Gasteiger partial charge in [-0.25, -0.2) is 8.42 Å². The van der Waals surface area contributed by atoms with E-state index in [1.807, 2.05) is 25.1 Å². The highest BCUT2D eigenvalue weighted by molar-refractivity contribution is 7.89. The van der Waals surface area contributed by atoms with Crippen LogP contribution in [0.2, 0.25) is 0 Å². The van der Waals surface area contributed by atoms with Gasteiger partial charge in [-0.3, -0.25) is 4.79 Å². The van der Waals surface area contributed by atoms with E-state index in [1.54, 1.807) is 42.5 Å². The van der Waals surface area contributed by atoms with Gasteiger partial charge in [0.2, 0.25) is 10.0 Å². The normalized spacial score (nSPS) is 14.4. The second kappa shape index (κ2) is 10.7. The van der Waals surface area contributed by atoms with Crippen LogP contribution >= 0.6 is 0 Å². The number of hydrogen-bond donors (Lipinski definition) is 1. The zero-order chi connectivity index (χ0) is 24.0. The molecule has 34 heavy (non-hydrogen) atoms. The monoisotopic (exact) mass is 482 g/mol. The second-order valence-corrected chi connectivity index (χ2v) is 9.41. The molecule has 1 heterocycles. The number of rotatable bonds is 8. The molecular weight excluding hydrogens is 456 g/mol. The molecule has 0 atom stereocenters. The fourth-order valence-corrected chi connectivity index (χ4v) is 4.97. The number of hydrogen-bond acceptors (Lipinski definition) is 6. The Bertz CT molecular complexity index is 1240. The van der Waals surface area contributed by atoms with Crippen LogP contribution in [0.5, 0.6) is 17.2 Å². The van der Waals surface area contributed by atoms with E-state index in [-0.39, 0.29) is 23.7 Å². The van der Waals surface area contributed by atoms with Crippen LogP contribution in [0.1, 0.15) is 17.3 Å². The third-order valence-electron chi connectivity index (χ3n) is 5.21. The average Bonchev–Trinajstić information content (AvgIpc) is 2.86. The average molecular weight is 483 g/mol. The van der Waals surface area contributed by atoms with Crippen molar-refractivity contribution in [1.29, 1.82) is 0 Å². The molecule has 1 saturated heterocycles. The lowest BCUT2D eigenvalue weighted by atomic mass is 10.1. The molecule has 0 bridgehead atoms. The Morgan fingerprint density at radius 2 is 1.68 bits per heavy atom. The summed E-state index contributed by atoms with van der Waals surface area (Å²) < 4.78 is 44.6. The second-order valence-electron chi connectivity index (χ2n) is 7.47. The minimum atomic E-state index is -3.77. The van der Waals surface area contributed by atoms with Crippen LogP contribution < -0.4 is 14.8 Å². The summed E-state index contributed by atoms with van der Waals surface area (Å²) in [6, 6.07) is 20.4. The number of nitrogens with one attached hydrogen (secondary N) is 1. The zero-order valence-electron chi connectivity index (χ0n) is 18.8. The molecule has 0 radical (unpaired) electrons. The number of carbonyl (C=O) groups is 1. The van der Waals surface area contributed by atoms with E-state index in [4.69, 9.17) is 14.2 Å². The first-order chi connectivity index (χ1) is 16.5. The van der Waals surface area contributed by atoms with Gasteiger partial charge in [0.05, 0.1) is 36.0 Å². The Kier molecular flexibility index (Phi) is 7.46. The lowest BCUT2D eigenvalue weighted by molar-refractivity contribution is 0.0730. The van der Waals surface area contributed by atoms with Gasteiger partial charge in [0, 0.05) is 13.1 Å². The van der Waals surface area contributed by atoms with Crippen molar-refractivity contribution in [2.75, 3.05) is 38.2 Å². The molecule has 9 heteroatoms. The molecule has 1 N–H and O–H groups in total. The summed E-state index contributed by atoms with van der Waals surface area (Å²) in [7, 11) is -3.77. The van der Waals surface area contributed by atoms with E-state index >= 15 is 0 Å². The van der Waals surface area contributed by atoms with E-state index in [0.29, 0.717) is 42.6 Å². The molecule has 1 fully saturated rings. The highest BCUT2D eigenvalue weighted by Crippen LogP contribution is 2.34. The largest absolute Gasteiger partial charge is 0.493 e. The molecule has 1 amide bonds. The Hall–Kier alpha value is -3.40. The summed E-state index contributed by atoms with van der Waals surface area (Å²) >= 11 is 0. The maximum absolute atomic E-state index is 13.2. The molecular formula is C25H26N2O6S. The van der Waals surface area contributed by atoms with Crippen molar-refractivity contribution < 1.29 is 27.4 Å². The minimum absolute atomic E-state index is 0.0585. The van der Waals surface area contributed by atoms with E-state index in [2.05, 4.69) is 5.32 Å². The topological polar surface area (TPSA) is 94.2 Å². The van der Waals surface area contributed by atoms with Crippen LogP contribution in [-0.2, 0) is 14.8 Å². The van der Waals surface area contributed by atoms with Gasteiger partial charge in [0.15, 0.2) is 5.75 Å². The summed E-state index contributed by atoms with van der Waals surface area (Å²) in [5.74, 6) is 0.860. The Morgan fingerprint density at radius 1 is 0.971 bits per heavy atom. The molecule has 8 nitrogen and oxygen atoms in total. The number of sulfonamides is 1. The Balaban J connectivity index is 1.70. The van der Waals surface area contributed by atoms with Gasteiger partial charge >= 0.3 is 0 Å². The summed E-state index contributed by atoms with van der Waals surface area (Å²) in [5.41, 5.74) is 0.561. The predicted octanol–water partition coefficient (Wildman–Crippen LogP) is 4.15. The van der Waals surface area contributed by atoms with Crippen molar-refractivity contribution in [2.24, 2.45) is 0 Å². The Labute approximate surface area is 199 Å². The van der Waals surface area contributed by atoms with Crippen LogP contribution in [0.4, 0.5) is 5.69 Å². The first-order valence-electron chi connectivity index (χ1n) is 11.0. The summed E-state index contributed by atoms with van der Waals surface area (Å²) in [6.07, 6.45) is 0. The summed E-state index contributed by atoms with van der Waals surface area (Å²) in [4.78, 5) is 13.2. The predicted molar refractivity (Wildman–Crippen MR) is 128 cm³/mol. The van der Waals surface area contributed by atoms with Crippen molar-refractivity contribution >= 4 is 21.6 Å². The summed E-state index contributed by atoms with van der Waals surface area (Å²) in [6.45, 7) is 3.46. The smallest absolute Gasteiger partial charge is 0.259 e. The molecule has 3 aromatic carbocycles. The lowest BCUT2D eigenvalue weighted by Crippen LogP contribution is -2.40. The van der Waals surface area contributed by atoms with Crippen molar-refractivity contribution in [3.05, 3.63) is 78.4 Å². The number of anilines is 1. The van der Waals surface area contributed by atoms with Gasteiger partial charge in [-0.15, -0.1) is 0 Å². The van der Waals surface area contributed by atoms with E-state index in [0.717, 1.165) is 0 Å². The quantitative estimate of drug-likeness (QED) is 0.518. The van der Waals surface area contributed by atoms with Gasteiger partial charge in [-0.05, 0) is 49.4 Å². The van der Waals surface area contributed by atoms with Crippen LogP contribution in [0.25, 0.3) is 0 Å². The fraction of sp³-hybridized carbons (Fsp3) is 0.240. The van der Waals surface area contributed by atoms with Gasteiger partial charge < -0.3 is 19.5 Å². The molecule has 0 aromatic heterocycles. The third-order valence-corrected chi connectivity index (χ3v) is 7.10. The zero-order valence-corrected chi connectivity index (χ0v) is 19.6. The van der Waals surface area contributed by atoms with E-state index in [1.165, 1.54) is 16.4 Å². The standard InChI is InChI=1S/C25H26N2O6S/c1-2-32-23-11-7-6-10-21(23)25(28)26-22-18-20(34(29,30)27-14-16-31-17-15-27)12-13-24(22)33-19-8-4-3-5-9-19/h3-13,18H,2,14-17H2,1H3,(H,26,28). The van der Waals surface area contributed by atoms with Crippen molar-refractivity contribution in [3.8, 4) is 17.2 Å². The van der Waals surface area contributed by atoms with E-state index in [9.17, 15) is 13.2 Å². The highest BCUT2D eigenvalue weighted by Gasteiger charge is 2.27. The minimum Gasteiger partial charge on any atom is -0.493 e. The molecule has 1 aliphatic heterocycles. The lowest BCUT2D eigenvalue weighted by Gasteiger charge is -2.26. The Morgan fingerprint density at radius 3 is 2.41 bits per heavy atom. The maximum atomic E-state index is 13.2. The van der Waals surface area contributed by atoms with Crippen LogP contribution in [0.15, 0.2) is 77.7 Å². The van der Waals surface area contributed by atoms with Crippen molar-refractivity contribution in [2.45, 2.75) is 11.8 Å². The fourth-order valence-electron chi connectivity index (χ4n) is 3.53. The van der Waals surface area contributed by atoms with Crippen LogP contribution in [-0.4, -0.2) is 51.5 Å². The molecule has 0 aliphatic carbocycles. The SMILES string of the molecule is CCOc1ccccc1C(=O)Nc1cc(S(=O)(=O)N2CCOCC2)ccc1Oc1ccccc1. The number of amides is 1. The molecule has 4 rings (SSSR count). The number of morpholine rings is 1. The molecule has 3 aromatic rings. The number of ether oxygens (including phenoxy) is 3. The first kappa shape index (κ1) is 23.7. The van der Waals surface area contributed by atoms with Crippen molar-refractivity contribution in [3.63, 3.8) is 0 Å². The number of benzene rings is 3. The maximum Gasteiger partial charge on any atom is 0.259 e. The van der Waals surface area contributed by atoms with Gasteiger partial charge in [-0.2, -0.15) is 4.31 Å². The molecule has 0 spiro atoms. The highest BCUT2D eigenvalue weighted by atomic mass is 32.2. The molecule has 0 saturated carbocycles. The van der Waals surface area contributed by atoms with Gasteiger partial charge in [0.1, 0.15) is 11.5 Å².